The van der Waals surface area contributed by atoms with Crippen LogP contribution in [0.3, 0.4) is 0 Å². The van der Waals surface area contributed by atoms with Crippen LogP contribution in [-0.2, 0) is 6.54 Å². The summed E-state index contributed by atoms with van der Waals surface area (Å²) in [7, 11) is 0. The number of H-pyrrole nitrogens is 1. The molecule has 19 heavy (non-hydrogen) atoms. The Morgan fingerprint density at radius 1 is 1.21 bits per heavy atom. The Hall–Kier alpha value is -1.28. The van der Waals surface area contributed by atoms with E-state index in [1.807, 2.05) is 0 Å². The number of para-hydroxylation sites is 1. The van der Waals surface area contributed by atoms with Gasteiger partial charge < -0.3 is 10.3 Å². The quantitative estimate of drug-likeness (QED) is 0.842. The van der Waals surface area contributed by atoms with Crippen molar-refractivity contribution in [2.24, 2.45) is 5.92 Å². The molecule has 1 aromatic heterocycles. The molecule has 0 bridgehead atoms. The van der Waals surface area contributed by atoms with Gasteiger partial charge in [-0.25, -0.2) is 0 Å². The normalized spacial score (nSPS) is 18.8. The van der Waals surface area contributed by atoms with Crippen molar-refractivity contribution in [3.05, 3.63) is 36.0 Å². The second kappa shape index (κ2) is 5.79. The highest BCUT2D eigenvalue weighted by Gasteiger charge is 2.19. The van der Waals surface area contributed by atoms with Crippen LogP contribution in [0.4, 0.5) is 0 Å². The zero-order valence-electron chi connectivity index (χ0n) is 11.8. The van der Waals surface area contributed by atoms with E-state index >= 15 is 0 Å². The molecule has 0 amide bonds. The van der Waals surface area contributed by atoms with Crippen LogP contribution >= 0.6 is 0 Å². The lowest BCUT2D eigenvalue weighted by atomic mass is 9.84. The Bertz CT molecular complexity index is 523. The average molecular weight is 256 g/mol. The maximum atomic E-state index is 3.73. The van der Waals surface area contributed by atoms with Gasteiger partial charge in [0.1, 0.15) is 0 Å². The van der Waals surface area contributed by atoms with E-state index in [2.05, 4.69) is 47.7 Å². The van der Waals surface area contributed by atoms with Gasteiger partial charge >= 0.3 is 0 Å². The highest BCUT2D eigenvalue weighted by molar-refractivity contribution is 5.82. The van der Waals surface area contributed by atoms with Gasteiger partial charge in [0.05, 0.1) is 0 Å². The summed E-state index contributed by atoms with van der Waals surface area (Å²) in [4.78, 5) is 3.35. The van der Waals surface area contributed by atoms with Gasteiger partial charge in [-0.15, -0.1) is 0 Å². The average Bonchev–Trinajstić information content (AvgIpc) is 2.89. The highest BCUT2D eigenvalue weighted by atomic mass is 14.9. The van der Waals surface area contributed by atoms with Crippen molar-refractivity contribution in [1.29, 1.82) is 0 Å². The maximum absolute atomic E-state index is 3.73. The van der Waals surface area contributed by atoms with Gasteiger partial charge in [-0.2, -0.15) is 0 Å². The predicted octanol–water partition coefficient (Wildman–Crippen LogP) is 4.23. The summed E-state index contributed by atoms with van der Waals surface area (Å²) in [6.45, 7) is 3.33. The van der Waals surface area contributed by atoms with Crippen molar-refractivity contribution in [2.45, 2.75) is 51.6 Å². The van der Waals surface area contributed by atoms with Gasteiger partial charge in [0.15, 0.2) is 0 Å². The molecule has 0 radical (unpaired) electrons. The zero-order chi connectivity index (χ0) is 13.1. The molecule has 1 unspecified atom stereocenters. The molecular formula is C17H24N2. The summed E-state index contributed by atoms with van der Waals surface area (Å²) in [5, 5.41) is 5.08. The van der Waals surface area contributed by atoms with Crippen LogP contribution in [0.1, 0.15) is 44.6 Å². The molecule has 1 aliphatic rings. The van der Waals surface area contributed by atoms with E-state index in [-0.39, 0.29) is 0 Å². The molecule has 3 rings (SSSR count). The van der Waals surface area contributed by atoms with E-state index in [9.17, 15) is 0 Å². The minimum atomic E-state index is 0.633. The Morgan fingerprint density at radius 3 is 2.84 bits per heavy atom. The van der Waals surface area contributed by atoms with E-state index in [0.29, 0.717) is 6.04 Å². The Kier molecular flexibility index (Phi) is 3.88. The first-order valence-electron chi connectivity index (χ1n) is 7.63. The molecule has 1 heterocycles. The topological polar surface area (TPSA) is 27.8 Å². The number of nitrogens with one attached hydrogen (secondary N) is 2. The third-order valence-corrected chi connectivity index (χ3v) is 4.65. The summed E-state index contributed by atoms with van der Waals surface area (Å²) in [6.07, 6.45) is 9.23. The highest BCUT2D eigenvalue weighted by Crippen LogP contribution is 2.26. The van der Waals surface area contributed by atoms with Crippen molar-refractivity contribution in [3.8, 4) is 0 Å². The molecule has 1 fully saturated rings. The summed E-state index contributed by atoms with van der Waals surface area (Å²) in [5.41, 5.74) is 2.63. The number of fused-ring (bicyclic) bond motifs is 1. The van der Waals surface area contributed by atoms with Crippen molar-refractivity contribution < 1.29 is 0 Å². The Morgan fingerprint density at radius 2 is 2.00 bits per heavy atom. The van der Waals surface area contributed by atoms with E-state index in [4.69, 9.17) is 0 Å². The molecule has 2 aromatic rings. The number of rotatable bonds is 4. The van der Waals surface area contributed by atoms with E-state index < -0.39 is 0 Å². The Balaban J connectivity index is 1.62. The van der Waals surface area contributed by atoms with E-state index in [0.717, 1.165) is 12.5 Å². The molecule has 1 aliphatic carbocycles. The molecule has 102 valence electrons. The fourth-order valence-corrected chi connectivity index (χ4v) is 3.35. The summed E-state index contributed by atoms with van der Waals surface area (Å²) < 4.78 is 0. The fraction of sp³-hybridized carbons (Fsp3) is 0.529. The maximum Gasteiger partial charge on any atom is 0.0457 e. The van der Waals surface area contributed by atoms with Crippen molar-refractivity contribution >= 4 is 10.9 Å². The molecular weight excluding hydrogens is 232 g/mol. The molecule has 0 saturated heterocycles. The van der Waals surface area contributed by atoms with Crippen LogP contribution in [0.15, 0.2) is 30.5 Å². The van der Waals surface area contributed by atoms with Gasteiger partial charge in [-0.1, -0.05) is 37.5 Å². The SMILES string of the molecule is CC(NCc1c[nH]c2ccccc12)C1CCCCC1. The second-order valence-electron chi connectivity index (χ2n) is 5.93. The standard InChI is InChI=1S/C17H24N2/c1-13(14-7-3-2-4-8-14)18-11-15-12-19-17-10-6-5-9-16(15)17/h5-6,9-10,12-14,18-19H,2-4,7-8,11H2,1H3. The van der Waals surface area contributed by atoms with Crippen LogP contribution < -0.4 is 5.32 Å². The van der Waals surface area contributed by atoms with Gasteiger partial charge in [-0.05, 0) is 37.3 Å². The lowest BCUT2D eigenvalue weighted by Gasteiger charge is -2.28. The van der Waals surface area contributed by atoms with E-state index in [1.165, 1.54) is 48.6 Å². The first-order valence-corrected chi connectivity index (χ1v) is 7.63. The predicted molar refractivity (Wildman–Crippen MR) is 81.2 cm³/mol. The van der Waals surface area contributed by atoms with Gasteiger partial charge in [0.2, 0.25) is 0 Å². The summed E-state index contributed by atoms with van der Waals surface area (Å²) >= 11 is 0. The molecule has 0 spiro atoms. The van der Waals surface area contributed by atoms with Gasteiger partial charge in [-0.3, -0.25) is 0 Å². The molecule has 1 atom stereocenters. The molecule has 1 aromatic carbocycles. The van der Waals surface area contributed by atoms with E-state index in [1.54, 1.807) is 0 Å². The van der Waals surface area contributed by atoms with Gasteiger partial charge in [0.25, 0.3) is 0 Å². The fourth-order valence-electron chi connectivity index (χ4n) is 3.35. The number of hydrogen-bond donors (Lipinski definition) is 2. The monoisotopic (exact) mass is 256 g/mol. The van der Waals surface area contributed by atoms with Gasteiger partial charge in [0, 0.05) is 29.7 Å². The summed E-state index contributed by atoms with van der Waals surface area (Å²) in [5.74, 6) is 0.874. The molecule has 0 aliphatic heterocycles. The third kappa shape index (κ3) is 2.84. The number of aromatic amines is 1. The minimum absolute atomic E-state index is 0.633. The zero-order valence-corrected chi connectivity index (χ0v) is 11.8. The largest absolute Gasteiger partial charge is 0.361 e. The lowest BCUT2D eigenvalue weighted by Crippen LogP contribution is -2.34. The smallest absolute Gasteiger partial charge is 0.0457 e. The molecule has 2 N–H and O–H groups in total. The molecule has 2 nitrogen and oxygen atoms in total. The van der Waals surface area contributed by atoms with Crippen LogP contribution in [0, 0.1) is 5.92 Å². The molecule has 1 saturated carbocycles. The lowest BCUT2D eigenvalue weighted by molar-refractivity contribution is 0.281. The Labute approximate surface area is 115 Å². The molecule has 2 heteroatoms. The van der Waals surface area contributed by atoms with Crippen molar-refractivity contribution in [3.63, 3.8) is 0 Å². The summed E-state index contributed by atoms with van der Waals surface area (Å²) in [6, 6.07) is 9.18. The van der Waals surface area contributed by atoms with Crippen LogP contribution in [0.2, 0.25) is 0 Å². The third-order valence-electron chi connectivity index (χ3n) is 4.65. The number of hydrogen-bond acceptors (Lipinski definition) is 1. The van der Waals surface area contributed by atoms with Crippen LogP contribution in [-0.4, -0.2) is 11.0 Å². The van der Waals surface area contributed by atoms with Crippen LogP contribution in [0.25, 0.3) is 10.9 Å². The van der Waals surface area contributed by atoms with Crippen molar-refractivity contribution in [1.82, 2.24) is 10.3 Å². The minimum Gasteiger partial charge on any atom is -0.361 e. The number of aromatic nitrogens is 1. The second-order valence-corrected chi connectivity index (χ2v) is 5.93. The first-order chi connectivity index (χ1) is 9.34. The van der Waals surface area contributed by atoms with Crippen LogP contribution in [0.5, 0.6) is 0 Å². The number of benzene rings is 1. The van der Waals surface area contributed by atoms with Crippen molar-refractivity contribution in [2.75, 3.05) is 0 Å². The first kappa shape index (κ1) is 12.7.